The maximum Gasteiger partial charge on any atom is 0.165 e. The minimum Gasteiger partial charge on any atom is -0.494 e. The van der Waals surface area contributed by atoms with Gasteiger partial charge < -0.3 is 4.74 Å². The number of nitrogens with zero attached hydrogens (tertiary/aromatic N) is 3. The molecule has 0 N–H and O–H groups in total. The SMILES string of the molecule is COc1cc2nc(-c3ccn(C)n3)cc(C3CC3)c2cc1F. The van der Waals surface area contributed by atoms with E-state index in [0.717, 1.165) is 40.7 Å². The molecule has 2 aromatic heterocycles. The molecule has 112 valence electrons. The van der Waals surface area contributed by atoms with Crippen LogP contribution in [-0.4, -0.2) is 21.9 Å². The van der Waals surface area contributed by atoms with Gasteiger partial charge in [-0.05, 0) is 42.5 Å². The summed E-state index contributed by atoms with van der Waals surface area (Å²) in [5.41, 5.74) is 3.56. The highest BCUT2D eigenvalue weighted by Gasteiger charge is 2.27. The molecule has 1 aliphatic carbocycles. The van der Waals surface area contributed by atoms with Crippen LogP contribution >= 0.6 is 0 Å². The summed E-state index contributed by atoms with van der Waals surface area (Å²) in [4.78, 5) is 4.66. The Hall–Kier alpha value is -2.43. The minimum absolute atomic E-state index is 0.222. The lowest BCUT2D eigenvalue weighted by molar-refractivity contribution is 0.387. The van der Waals surface area contributed by atoms with Crippen molar-refractivity contribution in [3.05, 3.63) is 41.8 Å². The fraction of sp³-hybridized carbons (Fsp3) is 0.294. The van der Waals surface area contributed by atoms with Gasteiger partial charge in [0.15, 0.2) is 11.6 Å². The average Bonchev–Trinajstić information content (AvgIpc) is 3.27. The Morgan fingerprint density at radius 3 is 2.68 bits per heavy atom. The van der Waals surface area contributed by atoms with Crippen molar-refractivity contribution >= 4 is 10.9 Å². The van der Waals surface area contributed by atoms with Gasteiger partial charge in [-0.15, -0.1) is 0 Å². The van der Waals surface area contributed by atoms with Crippen LogP contribution in [-0.2, 0) is 7.05 Å². The van der Waals surface area contributed by atoms with Crippen LogP contribution in [0.4, 0.5) is 4.39 Å². The Morgan fingerprint density at radius 2 is 2.05 bits per heavy atom. The van der Waals surface area contributed by atoms with Crippen LogP contribution in [0.15, 0.2) is 30.5 Å². The van der Waals surface area contributed by atoms with E-state index in [0.29, 0.717) is 5.92 Å². The third-order valence-corrected chi connectivity index (χ3v) is 4.11. The highest BCUT2D eigenvalue weighted by Crippen LogP contribution is 2.44. The summed E-state index contributed by atoms with van der Waals surface area (Å²) < 4.78 is 20.9. The molecule has 0 unspecified atom stereocenters. The Labute approximate surface area is 127 Å². The number of rotatable bonds is 3. The number of aromatic nitrogens is 3. The number of aryl methyl sites for hydroxylation is 1. The van der Waals surface area contributed by atoms with Gasteiger partial charge in [-0.1, -0.05) is 0 Å². The molecule has 4 rings (SSSR count). The van der Waals surface area contributed by atoms with Crippen LogP contribution in [0, 0.1) is 5.82 Å². The first-order valence-corrected chi connectivity index (χ1v) is 7.34. The number of ether oxygens (including phenoxy) is 1. The Bertz CT molecular complexity index is 868. The van der Waals surface area contributed by atoms with Gasteiger partial charge in [-0.3, -0.25) is 4.68 Å². The summed E-state index contributed by atoms with van der Waals surface area (Å²) in [6, 6.07) is 7.19. The van der Waals surface area contributed by atoms with Crippen molar-refractivity contribution in [2.45, 2.75) is 18.8 Å². The zero-order valence-electron chi connectivity index (χ0n) is 12.5. The van der Waals surface area contributed by atoms with E-state index in [4.69, 9.17) is 4.74 Å². The molecule has 0 amide bonds. The summed E-state index contributed by atoms with van der Waals surface area (Å²) in [7, 11) is 3.35. The van der Waals surface area contributed by atoms with E-state index in [1.54, 1.807) is 10.7 Å². The standard InChI is InChI=1S/C17H16FN3O/c1-21-6-5-14(20-21)16-8-11(10-3-4-10)12-7-13(18)17(22-2)9-15(12)19-16/h5-10H,3-4H2,1-2H3. The number of halogens is 1. The number of fused-ring (bicyclic) bond motifs is 1. The van der Waals surface area contributed by atoms with E-state index in [1.165, 1.54) is 13.2 Å². The molecule has 1 aromatic carbocycles. The highest BCUT2D eigenvalue weighted by atomic mass is 19.1. The van der Waals surface area contributed by atoms with Crippen molar-refractivity contribution in [3.63, 3.8) is 0 Å². The first-order valence-electron chi connectivity index (χ1n) is 7.34. The van der Waals surface area contributed by atoms with Crippen molar-refractivity contribution in [3.8, 4) is 17.1 Å². The van der Waals surface area contributed by atoms with Crippen LogP contribution < -0.4 is 4.74 Å². The zero-order valence-corrected chi connectivity index (χ0v) is 12.5. The smallest absolute Gasteiger partial charge is 0.165 e. The van der Waals surface area contributed by atoms with Crippen LogP contribution in [0.25, 0.3) is 22.3 Å². The summed E-state index contributed by atoms with van der Waals surface area (Å²) in [5, 5.41) is 5.29. The molecule has 22 heavy (non-hydrogen) atoms. The first-order chi connectivity index (χ1) is 10.7. The number of hydrogen-bond donors (Lipinski definition) is 0. The van der Waals surface area contributed by atoms with Gasteiger partial charge >= 0.3 is 0 Å². The maximum absolute atomic E-state index is 14.0. The quantitative estimate of drug-likeness (QED) is 0.740. The molecule has 4 nitrogen and oxygen atoms in total. The molecule has 0 spiro atoms. The molecule has 5 heteroatoms. The molecule has 1 saturated carbocycles. The molecular weight excluding hydrogens is 281 g/mol. The van der Waals surface area contributed by atoms with Crippen molar-refractivity contribution in [2.75, 3.05) is 7.11 Å². The molecule has 0 aliphatic heterocycles. The van der Waals surface area contributed by atoms with Crippen molar-refractivity contribution in [1.29, 1.82) is 0 Å². The molecule has 3 aromatic rings. The van der Waals surface area contributed by atoms with Crippen LogP contribution in [0.3, 0.4) is 0 Å². The average molecular weight is 297 g/mol. The third-order valence-electron chi connectivity index (χ3n) is 4.11. The van der Waals surface area contributed by atoms with E-state index in [-0.39, 0.29) is 11.6 Å². The second-order valence-corrected chi connectivity index (χ2v) is 5.75. The molecular formula is C17H16FN3O. The van der Waals surface area contributed by atoms with Gasteiger partial charge in [0.25, 0.3) is 0 Å². The number of methoxy groups -OCH3 is 1. The Morgan fingerprint density at radius 1 is 1.23 bits per heavy atom. The van der Waals surface area contributed by atoms with Gasteiger partial charge in [0.1, 0.15) is 5.69 Å². The summed E-state index contributed by atoms with van der Waals surface area (Å²) >= 11 is 0. The highest BCUT2D eigenvalue weighted by molar-refractivity contribution is 5.87. The van der Waals surface area contributed by atoms with Gasteiger partial charge in [-0.2, -0.15) is 5.10 Å². The van der Waals surface area contributed by atoms with Gasteiger partial charge in [0, 0.05) is 24.7 Å². The van der Waals surface area contributed by atoms with Crippen molar-refractivity contribution in [2.24, 2.45) is 7.05 Å². The van der Waals surface area contributed by atoms with Crippen molar-refractivity contribution < 1.29 is 9.13 Å². The lowest BCUT2D eigenvalue weighted by Gasteiger charge is -2.10. The van der Waals surface area contributed by atoms with E-state index in [1.807, 2.05) is 25.4 Å². The van der Waals surface area contributed by atoms with Crippen LogP contribution in [0.5, 0.6) is 5.75 Å². The van der Waals surface area contributed by atoms with E-state index >= 15 is 0 Å². The largest absolute Gasteiger partial charge is 0.494 e. The van der Waals surface area contributed by atoms with E-state index < -0.39 is 0 Å². The summed E-state index contributed by atoms with van der Waals surface area (Å²) in [6.45, 7) is 0. The Balaban J connectivity index is 1.97. The molecule has 1 aliphatic rings. The van der Waals surface area contributed by atoms with Crippen LogP contribution in [0.1, 0.15) is 24.3 Å². The fourth-order valence-electron chi connectivity index (χ4n) is 2.82. The van der Waals surface area contributed by atoms with Gasteiger partial charge in [0.05, 0.1) is 18.3 Å². The van der Waals surface area contributed by atoms with Gasteiger partial charge in [-0.25, -0.2) is 9.37 Å². The number of benzene rings is 1. The number of pyridine rings is 1. The maximum atomic E-state index is 14.0. The second-order valence-electron chi connectivity index (χ2n) is 5.75. The van der Waals surface area contributed by atoms with E-state index in [2.05, 4.69) is 10.1 Å². The monoisotopic (exact) mass is 297 g/mol. The van der Waals surface area contributed by atoms with Crippen molar-refractivity contribution in [1.82, 2.24) is 14.8 Å². The topological polar surface area (TPSA) is 39.9 Å². The Kier molecular flexibility index (Phi) is 2.89. The van der Waals surface area contributed by atoms with E-state index in [9.17, 15) is 4.39 Å². The molecule has 0 radical (unpaired) electrons. The molecule has 0 saturated heterocycles. The molecule has 1 fully saturated rings. The number of hydrogen-bond acceptors (Lipinski definition) is 3. The zero-order chi connectivity index (χ0) is 15.3. The molecule has 2 heterocycles. The normalized spacial score (nSPS) is 14.5. The molecule has 0 bridgehead atoms. The third kappa shape index (κ3) is 2.13. The summed E-state index contributed by atoms with van der Waals surface area (Å²) in [6.07, 6.45) is 4.19. The lowest BCUT2D eigenvalue weighted by Crippen LogP contribution is -1.96. The minimum atomic E-state index is -0.343. The predicted molar refractivity (Wildman–Crippen MR) is 82.4 cm³/mol. The first kappa shape index (κ1) is 13.2. The second kappa shape index (κ2) is 4.80. The summed E-state index contributed by atoms with van der Waals surface area (Å²) in [5.74, 6) is 0.380. The molecule has 0 atom stereocenters. The lowest BCUT2D eigenvalue weighted by atomic mass is 10.0. The predicted octanol–water partition coefficient (Wildman–Crippen LogP) is 3.66. The fourth-order valence-corrected chi connectivity index (χ4v) is 2.82. The van der Waals surface area contributed by atoms with Gasteiger partial charge in [0.2, 0.25) is 0 Å². The van der Waals surface area contributed by atoms with Crippen LogP contribution in [0.2, 0.25) is 0 Å².